The van der Waals surface area contributed by atoms with Crippen molar-refractivity contribution < 1.29 is 8.78 Å². The molecule has 0 saturated carbocycles. The van der Waals surface area contributed by atoms with Gasteiger partial charge >= 0.3 is 0 Å². The van der Waals surface area contributed by atoms with Crippen LogP contribution in [0.5, 0.6) is 0 Å². The van der Waals surface area contributed by atoms with E-state index in [0.29, 0.717) is 5.56 Å². The second kappa shape index (κ2) is 4.60. The highest BCUT2D eigenvalue weighted by atomic mass is 35.5. The maximum atomic E-state index is 13.1. The lowest BCUT2D eigenvalue weighted by atomic mass is 10.0. The summed E-state index contributed by atoms with van der Waals surface area (Å²) >= 11 is 11.3. The third-order valence-corrected chi connectivity index (χ3v) is 2.51. The van der Waals surface area contributed by atoms with Gasteiger partial charge in [0.05, 0.1) is 6.54 Å². The minimum absolute atomic E-state index is 0.00752. The molecule has 1 heterocycles. The fraction of sp³-hybridized carbons (Fsp3) is 0.444. The van der Waals surface area contributed by atoms with Gasteiger partial charge in [-0.1, -0.05) is 23.2 Å². The van der Waals surface area contributed by atoms with E-state index in [1.165, 1.54) is 6.07 Å². The lowest BCUT2D eigenvalue weighted by molar-refractivity contribution is 0.0113. The van der Waals surface area contributed by atoms with Crippen LogP contribution in [0.25, 0.3) is 0 Å². The normalized spacial score (nSPS) is 11.9. The van der Waals surface area contributed by atoms with Crippen LogP contribution < -0.4 is 5.73 Å². The minimum atomic E-state index is -2.97. The number of alkyl halides is 2. The van der Waals surface area contributed by atoms with Crippen molar-refractivity contribution in [2.24, 2.45) is 5.73 Å². The topological polar surface area (TPSA) is 38.9 Å². The number of nitrogens with two attached hydrogens (primary N) is 1. The van der Waals surface area contributed by atoms with Gasteiger partial charge in [-0.25, -0.2) is 13.8 Å². The van der Waals surface area contributed by atoms with E-state index in [9.17, 15) is 8.78 Å². The molecular weight excluding hydrogens is 245 g/mol. The number of hydrogen-bond donors (Lipinski definition) is 1. The Kier molecular flexibility index (Phi) is 3.87. The molecule has 0 amide bonds. The van der Waals surface area contributed by atoms with Crippen molar-refractivity contribution in [2.75, 3.05) is 6.54 Å². The van der Waals surface area contributed by atoms with Crippen molar-refractivity contribution >= 4 is 23.2 Å². The Morgan fingerprint density at radius 2 is 2.07 bits per heavy atom. The van der Waals surface area contributed by atoms with Crippen LogP contribution in [0.4, 0.5) is 8.78 Å². The molecule has 0 fully saturated rings. The molecule has 0 aliphatic rings. The molecule has 0 unspecified atom stereocenters. The molecule has 1 rings (SSSR count). The molecule has 1 aromatic heterocycles. The largest absolute Gasteiger partial charge is 0.325 e. The van der Waals surface area contributed by atoms with E-state index in [2.05, 4.69) is 4.98 Å². The quantitative estimate of drug-likeness (QED) is 0.843. The van der Waals surface area contributed by atoms with Crippen LogP contribution >= 0.6 is 23.2 Å². The van der Waals surface area contributed by atoms with Gasteiger partial charge in [-0.15, -0.1) is 0 Å². The SMILES string of the molecule is Cc1cc(Cl)nc(Cl)c1CC(F)(F)CN. The van der Waals surface area contributed by atoms with Gasteiger partial charge in [-0.05, 0) is 24.1 Å². The Bertz CT molecular complexity index is 346. The second-order valence-electron chi connectivity index (χ2n) is 3.27. The molecule has 0 spiro atoms. The maximum Gasteiger partial charge on any atom is 0.264 e. The number of rotatable bonds is 3. The van der Waals surface area contributed by atoms with E-state index >= 15 is 0 Å². The van der Waals surface area contributed by atoms with E-state index in [1.807, 2.05) is 0 Å². The van der Waals surface area contributed by atoms with Gasteiger partial charge in [-0.3, -0.25) is 0 Å². The van der Waals surface area contributed by atoms with Gasteiger partial charge in [0.15, 0.2) is 0 Å². The van der Waals surface area contributed by atoms with Crippen LogP contribution in [0.1, 0.15) is 11.1 Å². The van der Waals surface area contributed by atoms with Crippen LogP contribution in [0.2, 0.25) is 10.3 Å². The van der Waals surface area contributed by atoms with E-state index < -0.39 is 18.9 Å². The maximum absolute atomic E-state index is 13.1. The predicted octanol–water partition coefficient (Wildman–Crippen LogP) is 2.83. The Morgan fingerprint density at radius 1 is 1.47 bits per heavy atom. The highest BCUT2D eigenvalue weighted by molar-refractivity contribution is 6.33. The van der Waals surface area contributed by atoms with Crippen molar-refractivity contribution in [1.29, 1.82) is 0 Å². The zero-order valence-corrected chi connectivity index (χ0v) is 9.54. The number of nitrogens with zero attached hydrogens (tertiary/aromatic N) is 1. The van der Waals surface area contributed by atoms with Crippen LogP contribution in [-0.4, -0.2) is 17.5 Å². The number of aromatic nitrogens is 1. The zero-order valence-electron chi connectivity index (χ0n) is 8.03. The number of hydrogen-bond acceptors (Lipinski definition) is 2. The van der Waals surface area contributed by atoms with E-state index in [1.54, 1.807) is 6.92 Å². The van der Waals surface area contributed by atoms with Crippen molar-refractivity contribution in [2.45, 2.75) is 19.3 Å². The molecule has 0 radical (unpaired) electrons. The summed E-state index contributed by atoms with van der Waals surface area (Å²) in [7, 11) is 0. The first kappa shape index (κ1) is 12.6. The number of aryl methyl sites for hydroxylation is 1. The minimum Gasteiger partial charge on any atom is -0.325 e. The van der Waals surface area contributed by atoms with Crippen LogP contribution in [0.15, 0.2) is 6.07 Å². The first-order valence-corrected chi connectivity index (χ1v) is 5.01. The van der Waals surface area contributed by atoms with Crippen molar-refractivity contribution in [1.82, 2.24) is 4.98 Å². The van der Waals surface area contributed by atoms with Crippen LogP contribution in [0.3, 0.4) is 0 Å². The molecule has 0 bridgehead atoms. The monoisotopic (exact) mass is 254 g/mol. The van der Waals surface area contributed by atoms with Gasteiger partial charge in [0.1, 0.15) is 10.3 Å². The molecule has 6 heteroatoms. The Labute approximate surface area is 96.4 Å². The molecule has 1 aromatic rings. The van der Waals surface area contributed by atoms with Crippen molar-refractivity contribution in [3.8, 4) is 0 Å². The summed E-state index contributed by atoms with van der Waals surface area (Å²) in [5.74, 6) is -2.97. The molecule has 0 aliphatic heterocycles. The lowest BCUT2D eigenvalue weighted by Gasteiger charge is -2.16. The highest BCUT2D eigenvalue weighted by Gasteiger charge is 2.29. The first-order valence-electron chi connectivity index (χ1n) is 4.25. The van der Waals surface area contributed by atoms with E-state index in [-0.39, 0.29) is 15.9 Å². The Balaban J connectivity index is 3.05. The van der Waals surface area contributed by atoms with Gasteiger partial charge in [-0.2, -0.15) is 0 Å². The van der Waals surface area contributed by atoms with Gasteiger partial charge in [0.2, 0.25) is 0 Å². The molecule has 0 saturated heterocycles. The smallest absolute Gasteiger partial charge is 0.264 e. The molecule has 0 aromatic carbocycles. The van der Waals surface area contributed by atoms with Crippen LogP contribution in [0, 0.1) is 6.92 Å². The van der Waals surface area contributed by atoms with E-state index in [0.717, 1.165) is 0 Å². The summed E-state index contributed by atoms with van der Waals surface area (Å²) in [4.78, 5) is 3.71. The molecule has 0 atom stereocenters. The summed E-state index contributed by atoms with van der Waals surface area (Å²) in [6, 6.07) is 1.50. The van der Waals surface area contributed by atoms with Crippen molar-refractivity contribution in [3.05, 3.63) is 27.5 Å². The summed E-state index contributed by atoms with van der Waals surface area (Å²) in [5.41, 5.74) is 5.82. The Hall–Kier alpha value is -0.450. The molecule has 0 aliphatic carbocycles. The predicted molar refractivity (Wildman–Crippen MR) is 56.7 cm³/mol. The van der Waals surface area contributed by atoms with Gasteiger partial charge in [0.25, 0.3) is 5.92 Å². The number of halogens is 4. The molecular formula is C9H10Cl2F2N2. The van der Waals surface area contributed by atoms with E-state index in [4.69, 9.17) is 28.9 Å². The average Bonchev–Trinajstić information content (AvgIpc) is 2.11. The summed E-state index contributed by atoms with van der Waals surface area (Å²) in [6.07, 6.45) is -0.516. The molecule has 84 valence electrons. The summed E-state index contributed by atoms with van der Waals surface area (Å²) in [5, 5.41) is 0.199. The van der Waals surface area contributed by atoms with Crippen molar-refractivity contribution in [3.63, 3.8) is 0 Å². The molecule has 2 nitrogen and oxygen atoms in total. The van der Waals surface area contributed by atoms with Gasteiger partial charge in [0, 0.05) is 6.42 Å². The summed E-state index contributed by atoms with van der Waals surface area (Å²) in [6.45, 7) is 0.937. The standard InChI is InChI=1S/C9H10Cl2F2N2/c1-5-2-7(10)15-8(11)6(5)3-9(12,13)4-14/h2H,3-4,14H2,1H3. The fourth-order valence-electron chi connectivity index (χ4n) is 1.17. The first-order chi connectivity index (χ1) is 6.85. The highest BCUT2D eigenvalue weighted by Crippen LogP contribution is 2.27. The van der Waals surface area contributed by atoms with Crippen LogP contribution in [-0.2, 0) is 6.42 Å². The number of pyridine rings is 1. The zero-order chi connectivity index (χ0) is 11.6. The average molecular weight is 255 g/mol. The second-order valence-corrected chi connectivity index (χ2v) is 4.01. The molecule has 15 heavy (non-hydrogen) atoms. The third-order valence-electron chi connectivity index (χ3n) is 2.00. The summed E-state index contributed by atoms with van der Waals surface area (Å²) < 4.78 is 26.1. The lowest BCUT2D eigenvalue weighted by Crippen LogP contribution is -2.30. The third kappa shape index (κ3) is 3.26. The molecule has 2 N–H and O–H groups in total. The Morgan fingerprint density at radius 3 is 2.53 bits per heavy atom. The van der Waals surface area contributed by atoms with Gasteiger partial charge < -0.3 is 5.73 Å². The fourth-order valence-corrected chi connectivity index (χ4v) is 1.76.